The Labute approximate surface area is 154 Å². The first-order chi connectivity index (χ1) is 12.9. The minimum absolute atomic E-state index is 0.00276. The van der Waals surface area contributed by atoms with E-state index in [1.807, 2.05) is 4.57 Å². The molecule has 1 unspecified atom stereocenters. The number of nitrogens with zero attached hydrogens (tertiary/aromatic N) is 3. The lowest BCUT2D eigenvalue weighted by atomic mass is 10.1. The van der Waals surface area contributed by atoms with E-state index in [0.29, 0.717) is 56.3 Å². The van der Waals surface area contributed by atoms with Crippen LogP contribution < -0.4 is 5.32 Å². The molecule has 9 heteroatoms. The highest BCUT2D eigenvalue weighted by Gasteiger charge is 2.32. The van der Waals surface area contributed by atoms with Gasteiger partial charge in [0.1, 0.15) is 5.65 Å². The number of pyridine rings is 1. The quantitative estimate of drug-likeness (QED) is 0.806. The number of carbonyl (C=O) groups excluding carboxylic acids is 1. The second-order valence-corrected chi connectivity index (χ2v) is 7.00. The van der Waals surface area contributed by atoms with Gasteiger partial charge in [0.15, 0.2) is 0 Å². The largest absolute Gasteiger partial charge is 0.417 e. The lowest BCUT2D eigenvalue weighted by Crippen LogP contribution is -2.46. The van der Waals surface area contributed by atoms with E-state index in [2.05, 4.69) is 10.3 Å². The number of hydrogen-bond donors (Lipinski definition) is 1. The summed E-state index contributed by atoms with van der Waals surface area (Å²) >= 11 is 0. The molecule has 2 aromatic heterocycles. The fourth-order valence-electron chi connectivity index (χ4n) is 3.48. The molecule has 0 spiro atoms. The zero-order valence-electron chi connectivity index (χ0n) is 14.8. The van der Waals surface area contributed by atoms with Crippen LogP contribution in [0.15, 0.2) is 18.3 Å². The molecule has 2 aromatic rings. The predicted octanol–water partition coefficient (Wildman–Crippen LogP) is 2.17. The summed E-state index contributed by atoms with van der Waals surface area (Å²) in [5.41, 5.74) is 0.571. The van der Waals surface area contributed by atoms with Crippen LogP contribution in [0.2, 0.25) is 0 Å². The second kappa shape index (κ2) is 7.12. The van der Waals surface area contributed by atoms with Crippen molar-refractivity contribution >= 4 is 16.9 Å². The van der Waals surface area contributed by atoms with Crippen LogP contribution in [0.25, 0.3) is 11.0 Å². The third kappa shape index (κ3) is 3.79. The molecular weight excluding hydrogens is 361 g/mol. The lowest BCUT2D eigenvalue weighted by molar-refractivity contribution is -0.137. The van der Waals surface area contributed by atoms with Crippen molar-refractivity contribution in [1.29, 1.82) is 0 Å². The minimum Gasteiger partial charge on any atom is -0.379 e. The molecule has 1 saturated heterocycles. The van der Waals surface area contributed by atoms with Crippen molar-refractivity contribution < 1.29 is 22.7 Å². The first-order valence-corrected chi connectivity index (χ1v) is 9.06. The number of halogens is 3. The van der Waals surface area contributed by atoms with Crippen molar-refractivity contribution in [3.63, 3.8) is 0 Å². The smallest absolute Gasteiger partial charge is 0.379 e. The first-order valence-electron chi connectivity index (χ1n) is 9.06. The fraction of sp³-hybridized carbons (Fsp3) is 0.556. The molecule has 1 amide bonds. The van der Waals surface area contributed by atoms with Crippen molar-refractivity contribution in [2.45, 2.75) is 38.1 Å². The highest BCUT2D eigenvalue weighted by atomic mass is 19.4. The summed E-state index contributed by atoms with van der Waals surface area (Å²) < 4.78 is 46.0. The molecule has 0 bridgehead atoms. The number of hydrogen-bond acceptors (Lipinski definition) is 4. The molecular formula is C18H21F3N4O2. The van der Waals surface area contributed by atoms with E-state index < -0.39 is 11.7 Å². The highest BCUT2D eigenvalue weighted by molar-refractivity contribution is 5.80. The topological polar surface area (TPSA) is 59.4 Å². The molecule has 146 valence electrons. The summed E-state index contributed by atoms with van der Waals surface area (Å²) in [7, 11) is 0. The third-order valence-corrected chi connectivity index (χ3v) is 5.15. The van der Waals surface area contributed by atoms with E-state index in [0.717, 1.165) is 30.9 Å². The van der Waals surface area contributed by atoms with Crippen molar-refractivity contribution in [1.82, 2.24) is 19.8 Å². The van der Waals surface area contributed by atoms with Crippen LogP contribution in [0, 0.1) is 0 Å². The Kier molecular flexibility index (Phi) is 4.81. The number of rotatable bonds is 5. The van der Waals surface area contributed by atoms with Crippen molar-refractivity contribution in [3.8, 4) is 0 Å². The molecule has 1 N–H and O–H groups in total. The summed E-state index contributed by atoms with van der Waals surface area (Å²) in [5, 5.41) is 3.68. The number of fused-ring (bicyclic) bond motifs is 3. The van der Waals surface area contributed by atoms with Crippen LogP contribution in [0.1, 0.15) is 24.1 Å². The van der Waals surface area contributed by atoms with Crippen LogP contribution in [0.4, 0.5) is 13.2 Å². The van der Waals surface area contributed by atoms with Gasteiger partial charge >= 0.3 is 6.18 Å². The average Bonchev–Trinajstić information content (AvgIpc) is 2.95. The maximum atomic E-state index is 12.9. The van der Waals surface area contributed by atoms with Gasteiger partial charge in [0, 0.05) is 36.4 Å². The number of alkyl halides is 3. The van der Waals surface area contributed by atoms with E-state index in [1.54, 1.807) is 11.0 Å². The van der Waals surface area contributed by atoms with Gasteiger partial charge in [-0.3, -0.25) is 4.79 Å². The molecule has 4 heterocycles. The molecule has 4 rings (SSSR count). The molecule has 2 aliphatic rings. The van der Waals surface area contributed by atoms with Crippen molar-refractivity contribution in [2.24, 2.45) is 0 Å². The van der Waals surface area contributed by atoms with Gasteiger partial charge in [-0.25, -0.2) is 4.98 Å². The molecule has 0 saturated carbocycles. The molecule has 1 atom stereocenters. The van der Waals surface area contributed by atoms with E-state index >= 15 is 0 Å². The SMILES string of the molecule is O=C(CCOCC1CCN1)N1CCn2c(cc3cc(C(F)(F)F)cnc32)C1. The molecule has 6 nitrogen and oxygen atoms in total. The summed E-state index contributed by atoms with van der Waals surface area (Å²) in [5.74, 6) is -0.00276. The lowest BCUT2D eigenvalue weighted by Gasteiger charge is -2.29. The Hall–Kier alpha value is -2.13. The molecule has 0 aliphatic carbocycles. The Balaban J connectivity index is 1.39. The second-order valence-electron chi connectivity index (χ2n) is 7.00. The Morgan fingerprint density at radius 3 is 2.85 bits per heavy atom. The number of aromatic nitrogens is 2. The van der Waals surface area contributed by atoms with Gasteiger partial charge in [-0.15, -0.1) is 0 Å². The van der Waals surface area contributed by atoms with Gasteiger partial charge in [0.05, 0.1) is 31.7 Å². The number of amides is 1. The molecule has 0 aromatic carbocycles. The van der Waals surface area contributed by atoms with Crippen LogP contribution in [-0.4, -0.2) is 52.7 Å². The highest BCUT2D eigenvalue weighted by Crippen LogP contribution is 2.32. The number of carbonyl (C=O) groups is 1. The summed E-state index contributed by atoms with van der Waals surface area (Å²) in [4.78, 5) is 18.1. The van der Waals surface area contributed by atoms with E-state index in [-0.39, 0.29) is 5.91 Å². The molecule has 2 aliphatic heterocycles. The van der Waals surface area contributed by atoms with E-state index in [4.69, 9.17) is 4.74 Å². The van der Waals surface area contributed by atoms with E-state index in [9.17, 15) is 18.0 Å². The van der Waals surface area contributed by atoms with Gasteiger partial charge in [0.25, 0.3) is 0 Å². The maximum absolute atomic E-state index is 12.9. The molecule has 1 fully saturated rings. The van der Waals surface area contributed by atoms with Crippen LogP contribution in [0.5, 0.6) is 0 Å². The third-order valence-electron chi connectivity index (χ3n) is 5.15. The van der Waals surface area contributed by atoms with Crippen LogP contribution >= 0.6 is 0 Å². The summed E-state index contributed by atoms with van der Waals surface area (Å²) in [6.07, 6.45) is -2.14. The summed E-state index contributed by atoms with van der Waals surface area (Å²) in [6, 6.07) is 3.21. The standard InChI is InChI=1S/C18H21F3N4O2/c19-18(20,21)13-7-12-8-15-10-24(4-5-25(15)17(12)23-9-13)16(26)2-6-27-11-14-1-3-22-14/h7-9,14,22H,1-6,10-11H2. The van der Waals surface area contributed by atoms with Gasteiger partial charge in [-0.05, 0) is 25.1 Å². The Morgan fingerprint density at radius 2 is 2.15 bits per heavy atom. The monoisotopic (exact) mass is 382 g/mol. The zero-order valence-corrected chi connectivity index (χ0v) is 14.8. The van der Waals surface area contributed by atoms with Crippen molar-refractivity contribution in [2.75, 3.05) is 26.3 Å². The number of ether oxygens (including phenoxy) is 1. The fourth-order valence-corrected chi connectivity index (χ4v) is 3.48. The van der Waals surface area contributed by atoms with Gasteiger partial charge in [-0.1, -0.05) is 0 Å². The Morgan fingerprint density at radius 1 is 1.33 bits per heavy atom. The molecule has 27 heavy (non-hydrogen) atoms. The summed E-state index contributed by atoms with van der Waals surface area (Å²) in [6.45, 7) is 3.44. The predicted molar refractivity (Wildman–Crippen MR) is 92.0 cm³/mol. The van der Waals surface area contributed by atoms with Gasteiger partial charge in [0.2, 0.25) is 5.91 Å². The number of nitrogens with one attached hydrogen (secondary N) is 1. The van der Waals surface area contributed by atoms with Gasteiger partial charge in [-0.2, -0.15) is 13.2 Å². The van der Waals surface area contributed by atoms with Crippen LogP contribution in [0.3, 0.4) is 0 Å². The molecule has 0 radical (unpaired) electrons. The Bertz CT molecular complexity index is 845. The first kappa shape index (κ1) is 18.2. The van der Waals surface area contributed by atoms with Crippen molar-refractivity contribution in [3.05, 3.63) is 29.6 Å². The maximum Gasteiger partial charge on any atom is 0.417 e. The van der Waals surface area contributed by atoms with E-state index in [1.165, 1.54) is 0 Å². The average molecular weight is 382 g/mol. The normalized spacial score (nSPS) is 19.8. The minimum atomic E-state index is -4.42. The van der Waals surface area contributed by atoms with Gasteiger partial charge < -0.3 is 19.5 Å². The zero-order chi connectivity index (χ0) is 19.0. The van der Waals surface area contributed by atoms with Crippen LogP contribution in [-0.2, 0) is 28.8 Å².